The van der Waals surface area contributed by atoms with Gasteiger partial charge in [-0.05, 0) is 30.7 Å². The van der Waals surface area contributed by atoms with E-state index in [0.717, 1.165) is 23.6 Å². The highest BCUT2D eigenvalue weighted by molar-refractivity contribution is 5.93. The summed E-state index contributed by atoms with van der Waals surface area (Å²) in [5.41, 5.74) is 3.96. The van der Waals surface area contributed by atoms with E-state index in [1.807, 2.05) is 32.2 Å². The Bertz CT molecular complexity index is 878. The Kier molecular flexibility index (Phi) is 4.42. The molecule has 0 aliphatic heterocycles. The average Bonchev–Trinajstić information content (AvgIpc) is 2.60. The summed E-state index contributed by atoms with van der Waals surface area (Å²) in [6.07, 6.45) is 0. The molecule has 122 valence electrons. The number of rotatable bonds is 4. The summed E-state index contributed by atoms with van der Waals surface area (Å²) < 4.78 is 4.77. The number of hydrogen-bond donors (Lipinski definition) is 0. The van der Waals surface area contributed by atoms with E-state index in [9.17, 15) is 4.79 Å². The highest BCUT2D eigenvalue weighted by atomic mass is 16.5. The van der Waals surface area contributed by atoms with Gasteiger partial charge >= 0.3 is 5.97 Å². The second-order valence-electron chi connectivity index (χ2n) is 5.67. The Hall–Kier alpha value is -2.95. The van der Waals surface area contributed by atoms with Crippen LogP contribution in [0, 0.1) is 6.92 Å². The fourth-order valence-corrected chi connectivity index (χ4v) is 2.67. The topological polar surface area (TPSA) is 55.3 Å². The summed E-state index contributed by atoms with van der Waals surface area (Å²) in [4.78, 5) is 23.1. The zero-order valence-electron chi connectivity index (χ0n) is 14.0. The largest absolute Gasteiger partial charge is 0.465 e. The molecule has 1 heterocycles. The van der Waals surface area contributed by atoms with Gasteiger partial charge in [0.05, 0.1) is 29.4 Å². The van der Waals surface area contributed by atoms with Crippen LogP contribution in [0.2, 0.25) is 0 Å². The number of esters is 1. The molecule has 0 unspecified atom stereocenters. The fraction of sp³-hybridized carbons (Fsp3) is 0.211. The lowest BCUT2D eigenvalue weighted by Crippen LogP contribution is -2.19. The first kappa shape index (κ1) is 15.9. The van der Waals surface area contributed by atoms with Gasteiger partial charge in [0.2, 0.25) is 0 Å². The maximum atomic E-state index is 11.7. The predicted molar refractivity (Wildman–Crippen MR) is 94.2 cm³/mol. The molecule has 0 amide bonds. The molecule has 1 aromatic heterocycles. The van der Waals surface area contributed by atoms with Crippen LogP contribution in [-0.2, 0) is 11.3 Å². The minimum absolute atomic E-state index is 0.376. The third-order valence-corrected chi connectivity index (χ3v) is 3.86. The number of benzene rings is 2. The molecule has 24 heavy (non-hydrogen) atoms. The van der Waals surface area contributed by atoms with Gasteiger partial charge in [0.15, 0.2) is 5.82 Å². The number of nitrogens with zero attached hydrogens (tertiary/aromatic N) is 3. The molecule has 0 bridgehead atoms. The lowest BCUT2D eigenvalue weighted by molar-refractivity contribution is 0.0601. The molecular formula is C19H19N3O2. The van der Waals surface area contributed by atoms with Gasteiger partial charge in [-0.1, -0.05) is 30.3 Å². The smallest absolute Gasteiger partial charge is 0.337 e. The SMILES string of the molecule is COC(=O)c1ccc2nc(C)c(N(C)Cc3ccccc3)nc2c1. The van der Waals surface area contributed by atoms with Gasteiger partial charge < -0.3 is 9.64 Å². The van der Waals surface area contributed by atoms with E-state index in [-0.39, 0.29) is 5.97 Å². The number of methoxy groups -OCH3 is 1. The molecule has 2 aromatic carbocycles. The van der Waals surface area contributed by atoms with Crippen molar-refractivity contribution < 1.29 is 9.53 Å². The molecule has 0 atom stereocenters. The van der Waals surface area contributed by atoms with E-state index in [1.165, 1.54) is 12.7 Å². The van der Waals surface area contributed by atoms with Crippen molar-refractivity contribution in [3.05, 3.63) is 65.4 Å². The van der Waals surface area contributed by atoms with Gasteiger partial charge in [0.25, 0.3) is 0 Å². The quantitative estimate of drug-likeness (QED) is 0.690. The van der Waals surface area contributed by atoms with Crippen LogP contribution in [0.3, 0.4) is 0 Å². The predicted octanol–water partition coefficient (Wildman–Crippen LogP) is 3.36. The molecule has 3 aromatic rings. The minimum Gasteiger partial charge on any atom is -0.465 e. The molecule has 0 saturated carbocycles. The molecular weight excluding hydrogens is 302 g/mol. The second kappa shape index (κ2) is 6.66. The molecule has 0 saturated heterocycles. The highest BCUT2D eigenvalue weighted by Gasteiger charge is 2.12. The van der Waals surface area contributed by atoms with Crippen molar-refractivity contribution in [1.82, 2.24) is 9.97 Å². The molecule has 3 rings (SSSR count). The summed E-state index contributed by atoms with van der Waals surface area (Å²) in [6.45, 7) is 2.68. The van der Waals surface area contributed by atoms with E-state index < -0.39 is 0 Å². The summed E-state index contributed by atoms with van der Waals surface area (Å²) in [5.74, 6) is 0.423. The van der Waals surface area contributed by atoms with Crippen LogP contribution < -0.4 is 4.90 Å². The molecule has 0 spiro atoms. The number of hydrogen-bond acceptors (Lipinski definition) is 5. The number of aromatic nitrogens is 2. The monoisotopic (exact) mass is 321 g/mol. The first-order valence-electron chi connectivity index (χ1n) is 7.70. The Morgan fingerprint density at radius 2 is 1.83 bits per heavy atom. The standard InChI is InChI=1S/C19H19N3O2/c1-13-18(22(2)12-14-7-5-4-6-8-14)21-17-11-15(19(23)24-3)9-10-16(17)20-13/h4-11H,12H2,1-3H3. The van der Waals surface area contributed by atoms with Crippen molar-refractivity contribution >= 4 is 22.8 Å². The highest BCUT2D eigenvalue weighted by Crippen LogP contribution is 2.21. The first-order chi connectivity index (χ1) is 11.6. The summed E-state index contributed by atoms with van der Waals surface area (Å²) >= 11 is 0. The number of carbonyl (C=O) groups excluding carboxylic acids is 1. The van der Waals surface area contributed by atoms with E-state index in [4.69, 9.17) is 9.72 Å². The normalized spacial score (nSPS) is 10.6. The van der Waals surface area contributed by atoms with Gasteiger partial charge in [-0.25, -0.2) is 14.8 Å². The Morgan fingerprint density at radius 3 is 2.54 bits per heavy atom. The van der Waals surface area contributed by atoms with Crippen LogP contribution in [0.25, 0.3) is 11.0 Å². The first-order valence-corrected chi connectivity index (χ1v) is 7.70. The molecule has 0 N–H and O–H groups in total. The van der Waals surface area contributed by atoms with Crippen molar-refractivity contribution in [3.63, 3.8) is 0 Å². The van der Waals surface area contributed by atoms with Crippen LogP contribution in [0.5, 0.6) is 0 Å². The van der Waals surface area contributed by atoms with E-state index in [2.05, 4.69) is 22.0 Å². The zero-order chi connectivity index (χ0) is 17.1. The van der Waals surface area contributed by atoms with E-state index in [1.54, 1.807) is 18.2 Å². The second-order valence-corrected chi connectivity index (χ2v) is 5.67. The lowest BCUT2D eigenvalue weighted by atomic mass is 10.2. The molecule has 0 fully saturated rings. The minimum atomic E-state index is -0.376. The van der Waals surface area contributed by atoms with Crippen molar-refractivity contribution in [3.8, 4) is 0 Å². The molecule has 0 aliphatic rings. The summed E-state index contributed by atoms with van der Waals surface area (Å²) in [6, 6.07) is 15.4. The number of fused-ring (bicyclic) bond motifs is 1. The Balaban J connectivity index is 1.97. The number of carbonyl (C=O) groups is 1. The van der Waals surface area contributed by atoms with Crippen molar-refractivity contribution in [1.29, 1.82) is 0 Å². The van der Waals surface area contributed by atoms with Crippen LogP contribution >= 0.6 is 0 Å². The number of aryl methyl sites for hydroxylation is 1. The van der Waals surface area contributed by atoms with Crippen molar-refractivity contribution in [2.24, 2.45) is 0 Å². The summed E-state index contributed by atoms with van der Waals surface area (Å²) in [7, 11) is 3.35. The van der Waals surface area contributed by atoms with Crippen molar-refractivity contribution in [2.45, 2.75) is 13.5 Å². The van der Waals surface area contributed by atoms with Gasteiger partial charge in [-0.2, -0.15) is 0 Å². The zero-order valence-corrected chi connectivity index (χ0v) is 14.0. The van der Waals surface area contributed by atoms with Crippen LogP contribution in [0.15, 0.2) is 48.5 Å². The average molecular weight is 321 g/mol. The summed E-state index contributed by atoms with van der Waals surface area (Å²) in [5, 5.41) is 0. The lowest BCUT2D eigenvalue weighted by Gasteiger charge is -2.20. The van der Waals surface area contributed by atoms with Gasteiger partial charge in [-0.3, -0.25) is 0 Å². The molecule has 0 aliphatic carbocycles. The Labute approximate surface area is 140 Å². The van der Waals surface area contributed by atoms with Crippen LogP contribution in [0.1, 0.15) is 21.6 Å². The maximum absolute atomic E-state index is 11.7. The maximum Gasteiger partial charge on any atom is 0.337 e. The van der Waals surface area contributed by atoms with E-state index in [0.29, 0.717) is 11.1 Å². The Morgan fingerprint density at radius 1 is 1.08 bits per heavy atom. The van der Waals surface area contributed by atoms with Gasteiger partial charge in [-0.15, -0.1) is 0 Å². The van der Waals surface area contributed by atoms with Crippen LogP contribution in [-0.4, -0.2) is 30.1 Å². The third kappa shape index (κ3) is 3.20. The third-order valence-electron chi connectivity index (χ3n) is 3.86. The van der Waals surface area contributed by atoms with Gasteiger partial charge in [0.1, 0.15) is 0 Å². The van der Waals surface area contributed by atoms with E-state index >= 15 is 0 Å². The van der Waals surface area contributed by atoms with Crippen LogP contribution in [0.4, 0.5) is 5.82 Å². The van der Waals surface area contributed by atoms with Gasteiger partial charge in [0, 0.05) is 13.6 Å². The number of anilines is 1. The molecule has 0 radical (unpaired) electrons. The molecule has 5 heteroatoms. The molecule has 5 nitrogen and oxygen atoms in total. The number of ether oxygens (including phenoxy) is 1. The fourth-order valence-electron chi connectivity index (χ4n) is 2.67. The van der Waals surface area contributed by atoms with Crippen molar-refractivity contribution in [2.75, 3.05) is 19.1 Å².